The molecule has 0 aliphatic rings. The molecule has 0 aromatic heterocycles. The highest BCUT2D eigenvalue weighted by molar-refractivity contribution is 5.73. The van der Waals surface area contributed by atoms with Crippen molar-refractivity contribution in [1.82, 2.24) is 0 Å². The highest BCUT2D eigenvalue weighted by atomic mass is 19.4. The van der Waals surface area contributed by atoms with E-state index in [4.69, 9.17) is 4.74 Å². The molecule has 6 heteroatoms. The van der Waals surface area contributed by atoms with Crippen molar-refractivity contribution in [2.45, 2.75) is 53.6 Å². The number of rotatable bonds is 5. The maximum Gasteiger partial charge on any atom is 0.419 e. The maximum absolute atomic E-state index is 14.4. The Balaban J connectivity index is 0.00000190. The number of halogens is 4. The van der Waals surface area contributed by atoms with Crippen LogP contribution in [0.25, 0.3) is 11.1 Å². The molecule has 0 radical (unpaired) electrons. The van der Waals surface area contributed by atoms with Crippen LogP contribution in [0.4, 0.5) is 17.6 Å². The first-order valence-corrected chi connectivity index (χ1v) is 9.27. The predicted molar refractivity (Wildman–Crippen MR) is 103 cm³/mol. The van der Waals surface area contributed by atoms with Crippen molar-refractivity contribution in [2.24, 2.45) is 0 Å². The molecule has 2 rings (SSSR count). The van der Waals surface area contributed by atoms with Gasteiger partial charge in [-0.05, 0) is 67.1 Å². The zero-order valence-electron chi connectivity index (χ0n) is 16.8. The zero-order chi connectivity index (χ0) is 21.5. The number of benzene rings is 2. The van der Waals surface area contributed by atoms with E-state index in [0.717, 1.165) is 17.2 Å². The van der Waals surface area contributed by atoms with Gasteiger partial charge in [-0.3, -0.25) is 4.79 Å². The lowest BCUT2D eigenvalue weighted by molar-refractivity contribution is -0.143. The molecule has 0 saturated carbocycles. The summed E-state index contributed by atoms with van der Waals surface area (Å²) in [5, 5.41) is 0. The van der Waals surface area contributed by atoms with Crippen molar-refractivity contribution >= 4 is 5.97 Å². The van der Waals surface area contributed by atoms with Gasteiger partial charge >= 0.3 is 12.1 Å². The van der Waals surface area contributed by atoms with E-state index in [-0.39, 0.29) is 30.6 Å². The average molecular weight is 398 g/mol. The molecule has 0 N–H and O–H groups in total. The van der Waals surface area contributed by atoms with Crippen LogP contribution in [0.2, 0.25) is 0 Å². The second-order valence-electron chi connectivity index (χ2n) is 6.07. The third kappa shape index (κ3) is 5.81. The Morgan fingerprint density at radius 3 is 2.14 bits per heavy atom. The Bertz CT molecular complexity index is 791. The van der Waals surface area contributed by atoms with Gasteiger partial charge in [0, 0.05) is 6.42 Å². The van der Waals surface area contributed by atoms with E-state index in [0.29, 0.717) is 5.56 Å². The van der Waals surface area contributed by atoms with E-state index < -0.39 is 23.5 Å². The van der Waals surface area contributed by atoms with E-state index in [2.05, 4.69) is 0 Å². The van der Waals surface area contributed by atoms with Gasteiger partial charge in [-0.25, -0.2) is 4.39 Å². The fraction of sp³-hybridized carbons (Fsp3) is 0.409. The lowest BCUT2D eigenvalue weighted by Crippen LogP contribution is -2.12. The highest BCUT2D eigenvalue weighted by Gasteiger charge is 2.36. The minimum Gasteiger partial charge on any atom is -0.466 e. The van der Waals surface area contributed by atoms with Crippen molar-refractivity contribution in [3.05, 3.63) is 58.4 Å². The lowest BCUT2D eigenvalue weighted by atomic mass is 9.91. The van der Waals surface area contributed by atoms with Crippen LogP contribution in [-0.2, 0) is 22.1 Å². The monoisotopic (exact) mass is 398 g/mol. The summed E-state index contributed by atoms with van der Waals surface area (Å²) in [6.45, 7) is 9.37. The summed E-state index contributed by atoms with van der Waals surface area (Å²) in [6, 6.07) is 7.61. The maximum atomic E-state index is 14.4. The molecule has 0 bridgehead atoms. The summed E-state index contributed by atoms with van der Waals surface area (Å²) in [5.41, 5.74) is 1.03. The smallest absolute Gasteiger partial charge is 0.419 e. The van der Waals surface area contributed by atoms with Crippen molar-refractivity contribution in [3.63, 3.8) is 0 Å². The molecule has 0 heterocycles. The number of hydrogen-bond donors (Lipinski definition) is 0. The average Bonchev–Trinajstić information content (AvgIpc) is 2.62. The van der Waals surface area contributed by atoms with Gasteiger partial charge in [-0.2, -0.15) is 13.2 Å². The largest absolute Gasteiger partial charge is 0.466 e. The van der Waals surface area contributed by atoms with E-state index >= 15 is 0 Å². The Hall–Kier alpha value is -2.37. The summed E-state index contributed by atoms with van der Waals surface area (Å²) in [7, 11) is 0. The van der Waals surface area contributed by atoms with Gasteiger partial charge in [-0.15, -0.1) is 0 Å². The van der Waals surface area contributed by atoms with Crippen LogP contribution < -0.4 is 0 Å². The summed E-state index contributed by atoms with van der Waals surface area (Å²) in [4.78, 5) is 11.5. The fourth-order valence-corrected chi connectivity index (χ4v) is 2.96. The van der Waals surface area contributed by atoms with Gasteiger partial charge in [-0.1, -0.05) is 32.0 Å². The molecular formula is C22H26F4O2. The van der Waals surface area contributed by atoms with E-state index in [1.165, 1.54) is 6.07 Å². The van der Waals surface area contributed by atoms with Crippen molar-refractivity contribution in [1.29, 1.82) is 0 Å². The molecule has 0 unspecified atom stereocenters. The number of hydrogen-bond acceptors (Lipinski definition) is 2. The number of carbonyl (C=O) groups is 1. The number of aryl methyl sites for hydroxylation is 3. The normalized spacial score (nSPS) is 10.9. The van der Waals surface area contributed by atoms with Gasteiger partial charge in [0.1, 0.15) is 5.82 Å². The summed E-state index contributed by atoms with van der Waals surface area (Å²) in [6.07, 6.45) is -5.17. The quantitative estimate of drug-likeness (QED) is 0.416. The van der Waals surface area contributed by atoms with Crippen LogP contribution in [0.5, 0.6) is 0 Å². The minimum atomic E-state index is -4.82. The number of alkyl halides is 3. The fourth-order valence-electron chi connectivity index (χ4n) is 2.96. The standard InChI is InChI=1S/C20H20F4O2.C2H6/c1-4-26-17(25)9-8-14-10-15(11-16(19(14)21)20(22,23)24)18-12(2)6-5-7-13(18)3;1-2/h5-7,10-11H,4,8-9H2,1-3H3;1-2H3. The zero-order valence-corrected chi connectivity index (χ0v) is 16.8. The van der Waals surface area contributed by atoms with Gasteiger partial charge in [0.15, 0.2) is 0 Å². The molecular weight excluding hydrogens is 372 g/mol. The minimum absolute atomic E-state index is 0.148. The number of esters is 1. The van der Waals surface area contributed by atoms with Gasteiger partial charge in [0.25, 0.3) is 0 Å². The molecule has 2 nitrogen and oxygen atoms in total. The molecule has 0 atom stereocenters. The molecule has 0 saturated heterocycles. The molecule has 154 valence electrons. The predicted octanol–water partition coefficient (Wildman–Crippen LogP) is 6.65. The number of carbonyl (C=O) groups excluding carboxylic acids is 1. The van der Waals surface area contributed by atoms with E-state index in [1.807, 2.05) is 19.9 Å². The molecule has 0 aliphatic heterocycles. The summed E-state index contributed by atoms with van der Waals surface area (Å²) in [5.74, 6) is -1.91. The Morgan fingerprint density at radius 1 is 1.07 bits per heavy atom. The van der Waals surface area contributed by atoms with E-state index in [9.17, 15) is 22.4 Å². The summed E-state index contributed by atoms with van der Waals surface area (Å²) < 4.78 is 59.1. The van der Waals surface area contributed by atoms with Crippen LogP contribution in [0.1, 0.15) is 49.4 Å². The molecule has 0 aliphatic carbocycles. The third-order valence-corrected chi connectivity index (χ3v) is 4.13. The van der Waals surface area contributed by atoms with Crippen molar-refractivity contribution in [2.75, 3.05) is 6.61 Å². The lowest BCUT2D eigenvalue weighted by Gasteiger charge is -2.17. The van der Waals surface area contributed by atoms with Crippen LogP contribution in [-0.4, -0.2) is 12.6 Å². The van der Waals surface area contributed by atoms with Crippen LogP contribution in [0.15, 0.2) is 30.3 Å². The Labute approximate surface area is 163 Å². The Morgan fingerprint density at radius 2 is 1.64 bits per heavy atom. The van der Waals surface area contributed by atoms with Gasteiger partial charge in [0.05, 0.1) is 12.2 Å². The molecule has 2 aromatic carbocycles. The summed E-state index contributed by atoms with van der Waals surface area (Å²) >= 11 is 0. The molecule has 28 heavy (non-hydrogen) atoms. The van der Waals surface area contributed by atoms with Gasteiger partial charge < -0.3 is 4.74 Å². The second-order valence-corrected chi connectivity index (χ2v) is 6.07. The highest BCUT2D eigenvalue weighted by Crippen LogP contribution is 2.38. The topological polar surface area (TPSA) is 26.3 Å². The van der Waals surface area contributed by atoms with Crippen molar-refractivity contribution in [3.8, 4) is 11.1 Å². The van der Waals surface area contributed by atoms with Crippen LogP contribution in [0.3, 0.4) is 0 Å². The molecule has 0 amide bonds. The third-order valence-electron chi connectivity index (χ3n) is 4.13. The van der Waals surface area contributed by atoms with Crippen LogP contribution >= 0.6 is 0 Å². The van der Waals surface area contributed by atoms with Crippen molar-refractivity contribution < 1.29 is 27.1 Å². The molecule has 0 fully saturated rings. The molecule has 0 spiro atoms. The SMILES string of the molecule is CC.CCOC(=O)CCc1cc(-c2c(C)cccc2C)cc(C(F)(F)F)c1F. The first-order chi connectivity index (χ1) is 13.1. The first kappa shape index (κ1) is 23.7. The Kier molecular flexibility index (Phi) is 8.66. The molecule has 2 aromatic rings. The second kappa shape index (κ2) is 10.2. The van der Waals surface area contributed by atoms with Gasteiger partial charge in [0.2, 0.25) is 0 Å². The first-order valence-electron chi connectivity index (χ1n) is 9.27. The van der Waals surface area contributed by atoms with Crippen LogP contribution in [0, 0.1) is 19.7 Å². The van der Waals surface area contributed by atoms with E-state index in [1.54, 1.807) is 32.9 Å². The number of ether oxygens (including phenoxy) is 1.